The highest BCUT2D eigenvalue weighted by molar-refractivity contribution is 7.16. The Kier molecular flexibility index (Phi) is 5.53. The number of fused-ring (bicyclic) bond motifs is 1. The van der Waals surface area contributed by atoms with Gasteiger partial charge in [-0.25, -0.2) is 0 Å². The molecule has 2 aliphatic rings. The van der Waals surface area contributed by atoms with Gasteiger partial charge in [-0.3, -0.25) is 9.69 Å². The van der Waals surface area contributed by atoms with E-state index in [0.717, 1.165) is 49.9 Å². The summed E-state index contributed by atoms with van der Waals surface area (Å²) < 4.78 is 5.46. The lowest BCUT2D eigenvalue weighted by molar-refractivity contribution is -0.123. The Morgan fingerprint density at radius 2 is 1.93 bits per heavy atom. The molecule has 1 fully saturated rings. The third-order valence-corrected chi connectivity index (χ3v) is 6.50. The molecule has 1 aromatic heterocycles. The van der Waals surface area contributed by atoms with Crippen LogP contribution in [-0.2, 0) is 22.4 Å². The van der Waals surface area contributed by atoms with Crippen molar-refractivity contribution < 1.29 is 9.53 Å². The Labute approximate surface area is 163 Å². The first-order valence-corrected chi connectivity index (χ1v) is 10.3. The highest BCUT2D eigenvalue weighted by Crippen LogP contribution is 2.38. The number of amides is 1. The van der Waals surface area contributed by atoms with Crippen molar-refractivity contribution in [1.82, 2.24) is 4.90 Å². The van der Waals surface area contributed by atoms with E-state index in [2.05, 4.69) is 16.3 Å². The highest BCUT2D eigenvalue weighted by atomic mass is 32.1. The summed E-state index contributed by atoms with van der Waals surface area (Å²) in [5.41, 5.74) is 2.78. The molecule has 0 bridgehead atoms. The van der Waals surface area contributed by atoms with Crippen LogP contribution >= 0.6 is 11.3 Å². The van der Waals surface area contributed by atoms with Crippen LogP contribution < -0.4 is 5.32 Å². The molecule has 5 nitrogen and oxygen atoms in total. The molecule has 1 N–H and O–H groups in total. The van der Waals surface area contributed by atoms with Crippen LogP contribution in [0.3, 0.4) is 0 Å². The summed E-state index contributed by atoms with van der Waals surface area (Å²) in [6.07, 6.45) is 4.23. The van der Waals surface area contributed by atoms with Crippen LogP contribution in [0.15, 0.2) is 30.3 Å². The SMILES string of the molecule is N#Cc1c(NC(=O)[C@H](c2ccccc2)N2CCOCC2)sc2c1CCCC2. The zero-order valence-corrected chi connectivity index (χ0v) is 16.1. The number of morpholine rings is 1. The molecule has 0 spiro atoms. The number of nitrogens with zero attached hydrogens (tertiary/aromatic N) is 2. The molecule has 1 amide bonds. The van der Waals surface area contributed by atoms with E-state index >= 15 is 0 Å². The number of rotatable bonds is 4. The zero-order chi connectivity index (χ0) is 18.6. The number of anilines is 1. The van der Waals surface area contributed by atoms with Crippen LogP contribution in [-0.4, -0.2) is 37.1 Å². The van der Waals surface area contributed by atoms with Gasteiger partial charge in [0, 0.05) is 18.0 Å². The van der Waals surface area contributed by atoms with E-state index in [1.54, 1.807) is 11.3 Å². The quantitative estimate of drug-likeness (QED) is 0.880. The van der Waals surface area contributed by atoms with Crippen LogP contribution in [0, 0.1) is 11.3 Å². The summed E-state index contributed by atoms with van der Waals surface area (Å²) in [5.74, 6) is -0.0711. The van der Waals surface area contributed by atoms with Gasteiger partial charge in [0.15, 0.2) is 0 Å². The predicted molar refractivity (Wildman–Crippen MR) is 106 cm³/mol. The van der Waals surface area contributed by atoms with E-state index in [0.29, 0.717) is 23.8 Å². The number of carbonyl (C=O) groups is 1. The van der Waals surface area contributed by atoms with Gasteiger partial charge in [-0.1, -0.05) is 30.3 Å². The van der Waals surface area contributed by atoms with Crippen LogP contribution in [0.5, 0.6) is 0 Å². The smallest absolute Gasteiger partial charge is 0.246 e. The number of carbonyl (C=O) groups excluding carboxylic acids is 1. The summed E-state index contributed by atoms with van der Waals surface area (Å²) in [6.45, 7) is 2.71. The van der Waals surface area contributed by atoms with Gasteiger partial charge >= 0.3 is 0 Å². The fraction of sp³-hybridized carbons (Fsp3) is 0.429. The van der Waals surface area contributed by atoms with Gasteiger partial charge < -0.3 is 10.1 Å². The average Bonchev–Trinajstić information content (AvgIpc) is 3.06. The number of hydrogen-bond donors (Lipinski definition) is 1. The first-order valence-electron chi connectivity index (χ1n) is 9.50. The fourth-order valence-corrected chi connectivity index (χ4v) is 5.19. The highest BCUT2D eigenvalue weighted by Gasteiger charge is 2.30. The monoisotopic (exact) mass is 381 g/mol. The summed E-state index contributed by atoms with van der Waals surface area (Å²) in [7, 11) is 0. The van der Waals surface area contributed by atoms with Crippen molar-refractivity contribution in [2.45, 2.75) is 31.7 Å². The summed E-state index contributed by atoms with van der Waals surface area (Å²) in [4.78, 5) is 16.7. The molecule has 0 unspecified atom stereocenters. The Morgan fingerprint density at radius 3 is 2.67 bits per heavy atom. The third-order valence-electron chi connectivity index (χ3n) is 5.29. The minimum absolute atomic E-state index is 0.0711. The Hall–Kier alpha value is -2.20. The average molecular weight is 382 g/mol. The molecule has 0 saturated carbocycles. The van der Waals surface area contributed by atoms with Crippen LogP contribution in [0.25, 0.3) is 0 Å². The van der Waals surface area contributed by atoms with Gasteiger partial charge in [0.05, 0.1) is 18.8 Å². The number of benzene rings is 1. The van der Waals surface area contributed by atoms with Crippen LogP contribution in [0.2, 0.25) is 0 Å². The minimum atomic E-state index is -0.374. The fourth-order valence-electron chi connectivity index (χ4n) is 3.95. The normalized spacial score (nSPS) is 18.3. The number of thiophene rings is 1. The molecule has 6 heteroatoms. The molecule has 0 radical (unpaired) electrons. The lowest BCUT2D eigenvalue weighted by atomic mass is 9.96. The Bertz CT molecular complexity index is 850. The molecular weight excluding hydrogens is 358 g/mol. The third kappa shape index (κ3) is 3.77. The number of ether oxygens (including phenoxy) is 1. The summed E-state index contributed by atoms with van der Waals surface area (Å²) in [6, 6.07) is 11.8. The van der Waals surface area contributed by atoms with E-state index in [1.165, 1.54) is 4.88 Å². The number of nitriles is 1. The van der Waals surface area contributed by atoms with E-state index < -0.39 is 0 Å². The standard InChI is InChI=1S/C21H23N3O2S/c22-14-17-16-8-4-5-9-18(16)27-21(17)23-20(25)19(15-6-2-1-3-7-15)24-10-12-26-13-11-24/h1-3,6-7,19H,4-5,8-13H2,(H,23,25)/t19-/m0/s1. The van der Waals surface area contributed by atoms with Crippen LogP contribution in [0.1, 0.15) is 40.5 Å². The van der Waals surface area contributed by atoms with Crippen molar-refractivity contribution >= 4 is 22.2 Å². The molecule has 1 aliphatic carbocycles. The van der Waals surface area contributed by atoms with Gasteiger partial charge in [-0.05, 0) is 36.8 Å². The van der Waals surface area contributed by atoms with Crippen molar-refractivity contribution in [3.8, 4) is 6.07 Å². The molecule has 2 aromatic rings. The second-order valence-corrected chi connectivity index (χ2v) is 8.08. The van der Waals surface area contributed by atoms with Crippen molar-refractivity contribution in [2.24, 2.45) is 0 Å². The predicted octanol–water partition coefficient (Wildman–Crippen LogP) is 3.51. The molecule has 2 heterocycles. The van der Waals surface area contributed by atoms with Crippen LogP contribution in [0.4, 0.5) is 5.00 Å². The minimum Gasteiger partial charge on any atom is -0.379 e. The lowest BCUT2D eigenvalue weighted by Gasteiger charge is -2.33. The van der Waals surface area contributed by atoms with Gasteiger partial charge in [-0.15, -0.1) is 11.3 Å². The lowest BCUT2D eigenvalue weighted by Crippen LogP contribution is -2.43. The second kappa shape index (κ2) is 8.22. The van der Waals surface area contributed by atoms with Gasteiger partial charge in [-0.2, -0.15) is 5.26 Å². The van der Waals surface area contributed by atoms with E-state index in [-0.39, 0.29) is 11.9 Å². The van der Waals surface area contributed by atoms with Gasteiger partial charge in [0.2, 0.25) is 5.91 Å². The Balaban J connectivity index is 1.63. The van der Waals surface area contributed by atoms with Gasteiger partial charge in [0.1, 0.15) is 17.1 Å². The molecule has 27 heavy (non-hydrogen) atoms. The first-order chi connectivity index (χ1) is 13.3. The molecule has 1 atom stereocenters. The van der Waals surface area contributed by atoms with Crippen molar-refractivity contribution in [2.75, 3.05) is 31.6 Å². The zero-order valence-electron chi connectivity index (χ0n) is 15.2. The Morgan fingerprint density at radius 1 is 1.19 bits per heavy atom. The van der Waals surface area contributed by atoms with E-state index in [1.807, 2.05) is 30.3 Å². The summed E-state index contributed by atoms with van der Waals surface area (Å²) >= 11 is 1.58. The molecule has 1 aromatic carbocycles. The number of aryl methyl sites for hydroxylation is 1. The molecule has 1 saturated heterocycles. The van der Waals surface area contributed by atoms with E-state index in [4.69, 9.17) is 4.74 Å². The maximum atomic E-state index is 13.3. The summed E-state index contributed by atoms with van der Waals surface area (Å²) in [5, 5.41) is 13.5. The van der Waals surface area contributed by atoms with Crippen molar-refractivity contribution in [3.63, 3.8) is 0 Å². The largest absolute Gasteiger partial charge is 0.379 e. The number of hydrogen-bond acceptors (Lipinski definition) is 5. The second-order valence-electron chi connectivity index (χ2n) is 6.98. The first kappa shape index (κ1) is 18.2. The van der Waals surface area contributed by atoms with Crippen molar-refractivity contribution in [3.05, 3.63) is 51.9 Å². The molecule has 4 rings (SSSR count). The van der Waals surface area contributed by atoms with Gasteiger partial charge in [0.25, 0.3) is 0 Å². The topological polar surface area (TPSA) is 65.4 Å². The molecule has 140 valence electrons. The maximum Gasteiger partial charge on any atom is 0.246 e. The molecular formula is C21H23N3O2S. The van der Waals surface area contributed by atoms with Crippen molar-refractivity contribution in [1.29, 1.82) is 5.26 Å². The molecule has 1 aliphatic heterocycles. The number of nitrogens with one attached hydrogen (secondary N) is 1. The maximum absolute atomic E-state index is 13.3. The van der Waals surface area contributed by atoms with E-state index in [9.17, 15) is 10.1 Å².